The SMILES string of the molecule is COCCC(=O)N1CCC(Cc2ccc(OC)cc2)C1. The van der Waals surface area contributed by atoms with Gasteiger partial charge in [0.25, 0.3) is 0 Å². The molecule has 0 aromatic heterocycles. The number of carbonyl (C=O) groups is 1. The van der Waals surface area contributed by atoms with E-state index < -0.39 is 0 Å². The van der Waals surface area contributed by atoms with Crippen molar-refractivity contribution in [3.8, 4) is 5.75 Å². The fourth-order valence-electron chi connectivity index (χ4n) is 2.67. The first-order chi connectivity index (χ1) is 9.72. The third kappa shape index (κ3) is 3.97. The molecule has 20 heavy (non-hydrogen) atoms. The Kier molecular flexibility index (Phi) is 5.41. The zero-order chi connectivity index (χ0) is 14.4. The highest BCUT2D eigenvalue weighted by molar-refractivity contribution is 5.76. The number of benzene rings is 1. The van der Waals surface area contributed by atoms with Crippen LogP contribution in [-0.4, -0.2) is 44.7 Å². The second kappa shape index (κ2) is 7.29. The van der Waals surface area contributed by atoms with E-state index in [0.717, 1.165) is 31.7 Å². The second-order valence-electron chi connectivity index (χ2n) is 5.29. The second-order valence-corrected chi connectivity index (χ2v) is 5.29. The normalized spacial score (nSPS) is 18.3. The number of rotatable bonds is 6. The smallest absolute Gasteiger partial charge is 0.224 e. The van der Waals surface area contributed by atoms with E-state index in [4.69, 9.17) is 9.47 Å². The number of nitrogens with zero attached hydrogens (tertiary/aromatic N) is 1. The Morgan fingerprint density at radius 2 is 2.05 bits per heavy atom. The van der Waals surface area contributed by atoms with Crippen molar-refractivity contribution in [2.75, 3.05) is 33.9 Å². The molecule has 4 nitrogen and oxygen atoms in total. The Morgan fingerprint density at radius 1 is 1.30 bits per heavy atom. The third-order valence-corrected chi connectivity index (χ3v) is 3.84. The first-order valence-corrected chi connectivity index (χ1v) is 7.12. The molecule has 1 fully saturated rings. The lowest BCUT2D eigenvalue weighted by molar-refractivity contribution is -0.131. The summed E-state index contributed by atoms with van der Waals surface area (Å²) >= 11 is 0. The molecule has 110 valence electrons. The summed E-state index contributed by atoms with van der Waals surface area (Å²) in [5.74, 6) is 1.66. The van der Waals surface area contributed by atoms with E-state index in [2.05, 4.69) is 12.1 Å². The van der Waals surface area contributed by atoms with Crippen LogP contribution in [0.25, 0.3) is 0 Å². The van der Waals surface area contributed by atoms with Crippen LogP contribution in [0.3, 0.4) is 0 Å². The quantitative estimate of drug-likeness (QED) is 0.799. The van der Waals surface area contributed by atoms with Gasteiger partial charge in [-0.25, -0.2) is 0 Å². The fraction of sp³-hybridized carbons (Fsp3) is 0.562. The van der Waals surface area contributed by atoms with Crippen LogP contribution in [0.4, 0.5) is 0 Å². The van der Waals surface area contributed by atoms with Gasteiger partial charge in [-0.3, -0.25) is 4.79 Å². The van der Waals surface area contributed by atoms with Crippen molar-refractivity contribution < 1.29 is 14.3 Å². The number of likely N-dealkylation sites (tertiary alicyclic amines) is 1. The van der Waals surface area contributed by atoms with E-state index >= 15 is 0 Å². The van der Waals surface area contributed by atoms with Gasteiger partial charge in [-0.05, 0) is 36.5 Å². The molecule has 2 rings (SSSR count). The van der Waals surface area contributed by atoms with Crippen LogP contribution in [0.2, 0.25) is 0 Å². The topological polar surface area (TPSA) is 38.8 Å². The van der Waals surface area contributed by atoms with Crippen molar-refractivity contribution in [3.05, 3.63) is 29.8 Å². The highest BCUT2D eigenvalue weighted by Crippen LogP contribution is 2.22. The van der Waals surface area contributed by atoms with Crippen molar-refractivity contribution in [1.29, 1.82) is 0 Å². The maximum absolute atomic E-state index is 11.9. The summed E-state index contributed by atoms with van der Waals surface area (Å²) in [6.07, 6.45) is 2.61. The summed E-state index contributed by atoms with van der Waals surface area (Å²) in [6, 6.07) is 8.19. The maximum atomic E-state index is 11.9. The zero-order valence-electron chi connectivity index (χ0n) is 12.3. The van der Waals surface area contributed by atoms with Gasteiger partial charge in [-0.1, -0.05) is 12.1 Å². The minimum Gasteiger partial charge on any atom is -0.497 e. The number of hydrogen-bond acceptors (Lipinski definition) is 3. The Labute approximate surface area is 120 Å². The van der Waals surface area contributed by atoms with Crippen LogP contribution in [0.15, 0.2) is 24.3 Å². The van der Waals surface area contributed by atoms with Gasteiger partial charge in [0.15, 0.2) is 0 Å². The molecule has 1 unspecified atom stereocenters. The third-order valence-electron chi connectivity index (χ3n) is 3.84. The average Bonchev–Trinajstić information content (AvgIpc) is 2.94. The molecule has 1 aromatic rings. The summed E-state index contributed by atoms with van der Waals surface area (Å²) < 4.78 is 10.1. The van der Waals surface area contributed by atoms with E-state index in [9.17, 15) is 4.79 Å². The number of hydrogen-bond donors (Lipinski definition) is 0. The Morgan fingerprint density at radius 3 is 2.70 bits per heavy atom. The van der Waals surface area contributed by atoms with Gasteiger partial charge in [-0.15, -0.1) is 0 Å². The molecule has 1 heterocycles. The van der Waals surface area contributed by atoms with Crippen LogP contribution in [0.1, 0.15) is 18.4 Å². The summed E-state index contributed by atoms with van der Waals surface area (Å²) in [4.78, 5) is 13.9. The molecule has 0 N–H and O–H groups in total. The van der Waals surface area contributed by atoms with Crippen molar-refractivity contribution in [2.24, 2.45) is 5.92 Å². The molecular formula is C16H23NO3. The minimum absolute atomic E-state index is 0.212. The average molecular weight is 277 g/mol. The monoisotopic (exact) mass is 277 g/mol. The van der Waals surface area contributed by atoms with Crippen molar-refractivity contribution >= 4 is 5.91 Å². The van der Waals surface area contributed by atoms with Crippen LogP contribution < -0.4 is 4.74 Å². The van der Waals surface area contributed by atoms with E-state index in [1.807, 2.05) is 17.0 Å². The summed E-state index contributed by atoms with van der Waals surface area (Å²) in [7, 11) is 3.30. The number of methoxy groups -OCH3 is 2. The molecule has 0 spiro atoms. The molecular weight excluding hydrogens is 254 g/mol. The molecule has 1 aliphatic heterocycles. The zero-order valence-corrected chi connectivity index (χ0v) is 12.3. The van der Waals surface area contributed by atoms with Gasteiger partial charge >= 0.3 is 0 Å². The van der Waals surface area contributed by atoms with Crippen LogP contribution in [-0.2, 0) is 16.0 Å². The van der Waals surface area contributed by atoms with Gasteiger partial charge in [-0.2, -0.15) is 0 Å². The minimum atomic E-state index is 0.212. The number of carbonyl (C=O) groups excluding carboxylic acids is 1. The lowest BCUT2D eigenvalue weighted by Gasteiger charge is -2.16. The summed E-state index contributed by atoms with van der Waals surface area (Å²) in [5.41, 5.74) is 1.31. The maximum Gasteiger partial charge on any atom is 0.224 e. The first-order valence-electron chi connectivity index (χ1n) is 7.12. The molecule has 0 aliphatic carbocycles. The molecule has 0 saturated carbocycles. The van der Waals surface area contributed by atoms with Gasteiger partial charge in [0.1, 0.15) is 5.75 Å². The van der Waals surface area contributed by atoms with Crippen LogP contribution in [0.5, 0.6) is 5.75 Å². The van der Waals surface area contributed by atoms with Gasteiger partial charge < -0.3 is 14.4 Å². The molecule has 1 aliphatic rings. The highest BCUT2D eigenvalue weighted by atomic mass is 16.5. The number of amides is 1. The highest BCUT2D eigenvalue weighted by Gasteiger charge is 2.25. The van der Waals surface area contributed by atoms with E-state index in [0.29, 0.717) is 18.9 Å². The van der Waals surface area contributed by atoms with Gasteiger partial charge in [0, 0.05) is 20.2 Å². The van der Waals surface area contributed by atoms with Gasteiger partial charge in [0.2, 0.25) is 5.91 Å². The predicted molar refractivity (Wildman–Crippen MR) is 77.9 cm³/mol. The Hall–Kier alpha value is -1.55. The van der Waals surface area contributed by atoms with Crippen LogP contribution >= 0.6 is 0 Å². The first kappa shape index (κ1) is 14.9. The molecule has 4 heteroatoms. The van der Waals surface area contributed by atoms with Crippen molar-refractivity contribution in [2.45, 2.75) is 19.3 Å². The Balaban J connectivity index is 1.81. The van der Waals surface area contributed by atoms with Crippen molar-refractivity contribution in [1.82, 2.24) is 4.90 Å². The molecule has 1 atom stereocenters. The predicted octanol–water partition coefficient (Wildman–Crippen LogP) is 2.12. The summed E-state index contributed by atoms with van der Waals surface area (Å²) in [5, 5.41) is 0. The fourth-order valence-corrected chi connectivity index (χ4v) is 2.67. The van der Waals surface area contributed by atoms with E-state index in [1.165, 1.54) is 5.56 Å². The van der Waals surface area contributed by atoms with Gasteiger partial charge in [0.05, 0.1) is 20.1 Å². The van der Waals surface area contributed by atoms with E-state index in [-0.39, 0.29) is 5.91 Å². The molecule has 1 aromatic carbocycles. The summed E-state index contributed by atoms with van der Waals surface area (Å²) in [6.45, 7) is 2.26. The molecule has 0 bridgehead atoms. The molecule has 0 radical (unpaired) electrons. The Bertz CT molecular complexity index is 430. The van der Waals surface area contributed by atoms with Crippen LogP contribution in [0, 0.1) is 5.92 Å². The largest absolute Gasteiger partial charge is 0.497 e. The lowest BCUT2D eigenvalue weighted by atomic mass is 9.99. The van der Waals surface area contributed by atoms with Crippen molar-refractivity contribution in [3.63, 3.8) is 0 Å². The molecule has 1 amide bonds. The lowest BCUT2D eigenvalue weighted by Crippen LogP contribution is -2.29. The molecule has 1 saturated heterocycles. The number of ether oxygens (including phenoxy) is 2. The van der Waals surface area contributed by atoms with E-state index in [1.54, 1.807) is 14.2 Å². The standard InChI is InChI=1S/C16H23NO3/c1-19-10-8-16(18)17-9-7-14(12-17)11-13-3-5-15(20-2)6-4-13/h3-6,14H,7-12H2,1-2H3.